The van der Waals surface area contributed by atoms with E-state index in [4.69, 9.17) is 4.42 Å². The van der Waals surface area contributed by atoms with E-state index < -0.39 is 10.8 Å². The average Bonchev–Trinajstić information content (AvgIpc) is 3.60. The van der Waals surface area contributed by atoms with Crippen LogP contribution in [0.2, 0.25) is 0 Å². The van der Waals surface area contributed by atoms with Crippen LogP contribution in [0.3, 0.4) is 0 Å². The lowest BCUT2D eigenvalue weighted by Crippen LogP contribution is -2.20. The Bertz CT molecular complexity index is 1220. The van der Waals surface area contributed by atoms with Crippen LogP contribution in [-0.2, 0) is 11.3 Å². The van der Waals surface area contributed by atoms with Crippen molar-refractivity contribution in [3.05, 3.63) is 76.0 Å². The Kier molecular flexibility index (Phi) is 6.81. The van der Waals surface area contributed by atoms with E-state index >= 15 is 0 Å². The van der Waals surface area contributed by atoms with Gasteiger partial charge in [0.25, 0.3) is 0 Å². The zero-order chi connectivity index (χ0) is 24.1. The maximum absolute atomic E-state index is 12.4. The molecule has 3 aromatic rings. The smallest absolute Gasteiger partial charge is 0.307 e. The summed E-state index contributed by atoms with van der Waals surface area (Å²) in [6.45, 7) is 1.90. The molecule has 1 fully saturated rings. The summed E-state index contributed by atoms with van der Waals surface area (Å²) in [6.07, 6.45) is 6.52. The molecule has 0 radical (unpaired) electrons. The van der Waals surface area contributed by atoms with Gasteiger partial charge in [-0.05, 0) is 49.6 Å². The number of rotatable bonds is 8. The molecule has 0 unspecified atom stereocenters. The lowest BCUT2D eigenvalue weighted by Gasteiger charge is -2.10. The minimum atomic E-state index is -0.537. The summed E-state index contributed by atoms with van der Waals surface area (Å²) in [4.78, 5) is 34.8. The highest BCUT2D eigenvalue weighted by Crippen LogP contribution is 2.26. The van der Waals surface area contributed by atoms with Gasteiger partial charge in [-0.1, -0.05) is 25.0 Å². The molecule has 2 N–H and O–H groups in total. The Morgan fingerprint density at radius 1 is 1.21 bits per heavy atom. The van der Waals surface area contributed by atoms with Gasteiger partial charge in [0.15, 0.2) is 5.76 Å². The van der Waals surface area contributed by atoms with E-state index in [1.54, 1.807) is 25.1 Å². The quantitative estimate of drug-likeness (QED) is 0.295. The van der Waals surface area contributed by atoms with Crippen molar-refractivity contribution in [3.63, 3.8) is 0 Å². The molecule has 2 aromatic heterocycles. The highest BCUT2D eigenvalue weighted by atomic mass is 16.6. The number of hydrogen-bond donors (Lipinski definition) is 2. The predicted molar refractivity (Wildman–Crippen MR) is 123 cm³/mol. The molecule has 2 heterocycles. The van der Waals surface area contributed by atoms with Crippen LogP contribution in [0.1, 0.15) is 54.5 Å². The topological polar surface area (TPSA) is 145 Å². The molecular formula is C23H24N6O5. The molecule has 0 spiro atoms. The standard InChI is InChI=1S/C23H24N6O5/c1-15(16-6-8-18(9-7-16)25-22(30)17-4-2-3-5-17)26-27-23(31)21-11-10-20(34-21)14-28-13-19(12-24-28)29(32)33/h6-13,17H,2-5,14H2,1H3,(H,25,30)(H,27,31)/b26-15-. The molecule has 1 saturated carbocycles. The van der Waals surface area contributed by atoms with Crippen molar-refractivity contribution in [1.29, 1.82) is 0 Å². The van der Waals surface area contributed by atoms with Crippen molar-refractivity contribution in [2.45, 2.75) is 39.2 Å². The maximum atomic E-state index is 12.4. The van der Waals surface area contributed by atoms with Crippen LogP contribution in [-0.4, -0.2) is 32.2 Å². The van der Waals surface area contributed by atoms with Crippen molar-refractivity contribution >= 4 is 28.9 Å². The SMILES string of the molecule is C/C(=N/NC(=O)c1ccc(Cn2cc([N+](=O)[O-])cn2)o1)c1ccc(NC(=O)C2CCCC2)cc1. The van der Waals surface area contributed by atoms with E-state index in [9.17, 15) is 19.7 Å². The van der Waals surface area contributed by atoms with Gasteiger partial charge >= 0.3 is 11.6 Å². The molecule has 11 nitrogen and oxygen atoms in total. The predicted octanol–water partition coefficient (Wildman–Crippen LogP) is 3.72. The summed E-state index contributed by atoms with van der Waals surface area (Å²) in [5.41, 5.74) is 4.42. The first-order valence-electron chi connectivity index (χ1n) is 10.9. The molecule has 11 heteroatoms. The third-order valence-electron chi connectivity index (χ3n) is 5.66. The van der Waals surface area contributed by atoms with Gasteiger partial charge in [-0.2, -0.15) is 10.2 Å². The molecule has 1 aliphatic rings. The van der Waals surface area contributed by atoms with Gasteiger partial charge in [-0.3, -0.25) is 24.4 Å². The molecule has 1 aromatic carbocycles. The van der Waals surface area contributed by atoms with E-state index in [2.05, 4.69) is 20.9 Å². The van der Waals surface area contributed by atoms with Crippen LogP contribution in [0.25, 0.3) is 0 Å². The molecule has 176 valence electrons. The summed E-state index contributed by atoms with van der Waals surface area (Å²) in [5, 5.41) is 21.7. The number of anilines is 1. The van der Waals surface area contributed by atoms with Gasteiger partial charge in [0.2, 0.25) is 5.91 Å². The lowest BCUT2D eigenvalue weighted by atomic mass is 10.1. The number of hydrogen-bond acceptors (Lipinski definition) is 7. The van der Waals surface area contributed by atoms with Gasteiger partial charge < -0.3 is 9.73 Å². The molecule has 0 saturated heterocycles. The second kappa shape index (κ2) is 10.1. The first-order valence-corrected chi connectivity index (χ1v) is 10.9. The zero-order valence-corrected chi connectivity index (χ0v) is 18.6. The monoisotopic (exact) mass is 464 g/mol. The van der Waals surface area contributed by atoms with Gasteiger partial charge in [0.1, 0.15) is 18.2 Å². The minimum Gasteiger partial charge on any atom is -0.454 e. The van der Waals surface area contributed by atoms with Gasteiger partial charge in [0.05, 0.1) is 17.2 Å². The number of carbonyl (C=O) groups is 2. The minimum absolute atomic E-state index is 0.0539. The first-order chi connectivity index (χ1) is 16.4. The Labute approximate surface area is 195 Å². The molecule has 4 rings (SSSR count). The fraction of sp³-hybridized carbons (Fsp3) is 0.304. The van der Waals surface area contributed by atoms with Crippen LogP contribution in [0.5, 0.6) is 0 Å². The van der Waals surface area contributed by atoms with E-state index in [-0.39, 0.29) is 29.8 Å². The normalized spacial score (nSPS) is 14.2. The van der Waals surface area contributed by atoms with Crippen LogP contribution < -0.4 is 10.7 Å². The number of aromatic nitrogens is 2. The Hall–Kier alpha value is -4.28. The molecule has 0 bridgehead atoms. The highest BCUT2D eigenvalue weighted by molar-refractivity contribution is 6.01. The third kappa shape index (κ3) is 5.55. The van der Waals surface area contributed by atoms with E-state index in [1.807, 2.05) is 12.1 Å². The third-order valence-corrected chi connectivity index (χ3v) is 5.66. The second-order valence-corrected chi connectivity index (χ2v) is 8.11. The Balaban J connectivity index is 1.31. The maximum Gasteiger partial charge on any atom is 0.307 e. The number of carbonyl (C=O) groups excluding carboxylic acids is 2. The van der Waals surface area contributed by atoms with E-state index in [0.717, 1.165) is 43.1 Å². The summed E-state index contributed by atoms with van der Waals surface area (Å²) < 4.78 is 6.85. The summed E-state index contributed by atoms with van der Waals surface area (Å²) in [5.74, 6) is 0.0969. The number of nitro groups is 1. The Morgan fingerprint density at radius 2 is 1.94 bits per heavy atom. The summed E-state index contributed by atoms with van der Waals surface area (Å²) in [7, 11) is 0. The van der Waals surface area contributed by atoms with Crippen molar-refractivity contribution in [2.75, 3.05) is 5.32 Å². The van der Waals surface area contributed by atoms with Gasteiger partial charge in [0, 0.05) is 11.6 Å². The number of hydrazone groups is 1. The van der Waals surface area contributed by atoms with Crippen LogP contribution >= 0.6 is 0 Å². The fourth-order valence-corrected chi connectivity index (χ4v) is 3.76. The molecule has 2 amide bonds. The summed E-state index contributed by atoms with van der Waals surface area (Å²) >= 11 is 0. The van der Waals surface area contributed by atoms with Crippen LogP contribution in [0.15, 0.2) is 58.3 Å². The fourth-order valence-electron chi connectivity index (χ4n) is 3.76. The first kappa shape index (κ1) is 22.9. The van der Waals surface area contributed by atoms with Crippen LogP contribution in [0, 0.1) is 16.0 Å². The number of furan rings is 1. The van der Waals surface area contributed by atoms with Gasteiger partial charge in [-0.15, -0.1) is 0 Å². The number of nitrogens with one attached hydrogen (secondary N) is 2. The molecular weight excluding hydrogens is 440 g/mol. The highest BCUT2D eigenvalue weighted by Gasteiger charge is 2.22. The number of amides is 2. The zero-order valence-electron chi connectivity index (χ0n) is 18.6. The van der Waals surface area contributed by atoms with Crippen molar-refractivity contribution in [1.82, 2.24) is 15.2 Å². The molecule has 34 heavy (non-hydrogen) atoms. The lowest BCUT2D eigenvalue weighted by molar-refractivity contribution is -0.385. The van der Waals surface area contributed by atoms with Crippen molar-refractivity contribution in [2.24, 2.45) is 11.0 Å². The largest absolute Gasteiger partial charge is 0.454 e. The van der Waals surface area contributed by atoms with E-state index in [1.165, 1.54) is 16.9 Å². The number of nitrogens with zero attached hydrogens (tertiary/aromatic N) is 4. The summed E-state index contributed by atoms with van der Waals surface area (Å²) in [6, 6.07) is 10.3. The number of benzene rings is 1. The van der Waals surface area contributed by atoms with Crippen LogP contribution in [0.4, 0.5) is 11.4 Å². The molecule has 0 atom stereocenters. The second-order valence-electron chi connectivity index (χ2n) is 8.11. The van der Waals surface area contributed by atoms with Crippen molar-refractivity contribution < 1.29 is 18.9 Å². The van der Waals surface area contributed by atoms with Gasteiger partial charge in [-0.25, -0.2) is 5.43 Å². The Morgan fingerprint density at radius 3 is 2.62 bits per heavy atom. The average molecular weight is 464 g/mol. The van der Waals surface area contributed by atoms with Crippen molar-refractivity contribution in [3.8, 4) is 0 Å². The van der Waals surface area contributed by atoms with E-state index in [0.29, 0.717) is 11.5 Å². The molecule has 1 aliphatic carbocycles. The molecule has 0 aliphatic heterocycles.